The molecule has 0 bridgehead atoms. The third kappa shape index (κ3) is 4.74. The fraction of sp³-hybridized carbons (Fsp3) is 0.500. The Bertz CT molecular complexity index is 1540. The summed E-state index contributed by atoms with van der Waals surface area (Å²) in [4.78, 5) is 41.7. The average molecular weight is 535 g/mol. The lowest BCUT2D eigenvalue weighted by Crippen LogP contribution is -2.29. The van der Waals surface area contributed by atoms with E-state index < -0.39 is 0 Å². The van der Waals surface area contributed by atoms with Gasteiger partial charge in [-0.25, -0.2) is 29.9 Å². The first-order valence-electron chi connectivity index (χ1n) is 12.9. The van der Waals surface area contributed by atoms with Crippen molar-refractivity contribution in [3.8, 4) is 11.4 Å². The molecule has 2 aliphatic rings. The molecule has 0 spiro atoms. The Kier molecular flexibility index (Phi) is 6.44. The molecule has 9 nitrogen and oxygen atoms in total. The van der Waals surface area contributed by atoms with Crippen LogP contribution in [0.2, 0.25) is 0 Å². The topological polar surface area (TPSA) is 111 Å². The Morgan fingerprint density at radius 1 is 1.11 bits per heavy atom. The molecule has 1 N–H and O–H groups in total. The van der Waals surface area contributed by atoms with Crippen LogP contribution in [0.25, 0.3) is 22.6 Å². The zero-order valence-corrected chi connectivity index (χ0v) is 23.1. The summed E-state index contributed by atoms with van der Waals surface area (Å²) in [6.07, 6.45) is 7.82. The summed E-state index contributed by atoms with van der Waals surface area (Å²) < 4.78 is 3.03. The van der Waals surface area contributed by atoms with Crippen LogP contribution in [-0.2, 0) is 6.54 Å². The Balaban J connectivity index is 1.42. The van der Waals surface area contributed by atoms with Gasteiger partial charge in [0.1, 0.15) is 16.9 Å². The van der Waals surface area contributed by atoms with Crippen LogP contribution in [0.1, 0.15) is 73.6 Å². The normalized spacial score (nSPS) is 16.3. The molecule has 2 saturated carbocycles. The second-order valence-electron chi connectivity index (χ2n) is 9.88. The highest BCUT2D eigenvalue weighted by molar-refractivity contribution is 8.01. The Hall–Kier alpha value is -2.92. The number of aromatic nitrogens is 7. The maximum Gasteiger partial charge on any atom is 0.295 e. The molecule has 0 amide bonds. The minimum absolute atomic E-state index is 0.0204. The van der Waals surface area contributed by atoms with Crippen LogP contribution in [0.4, 0.5) is 5.82 Å². The maximum atomic E-state index is 13.8. The van der Waals surface area contributed by atoms with E-state index in [1.807, 2.05) is 18.4 Å². The lowest BCUT2D eigenvalue weighted by atomic mass is 10.1. The van der Waals surface area contributed by atoms with Crippen LogP contribution in [-0.4, -0.2) is 40.2 Å². The van der Waals surface area contributed by atoms with E-state index in [2.05, 4.69) is 44.1 Å². The van der Waals surface area contributed by atoms with Crippen LogP contribution in [0.3, 0.4) is 0 Å². The second kappa shape index (κ2) is 9.75. The summed E-state index contributed by atoms with van der Waals surface area (Å²) >= 11 is 3.46. The molecule has 4 aromatic heterocycles. The van der Waals surface area contributed by atoms with Gasteiger partial charge in [-0.3, -0.25) is 9.36 Å². The first kappa shape index (κ1) is 24.4. The molecule has 11 heteroatoms. The summed E-state index contributed by atoms with van der Waals surface area (Å²) in [6, 6.07) is 0.0204. The minimum atomic E-state index is -0.156. The minimum Gasteiger partial charge on any atom is -0.359 e. The zero-order chi connectivity index (χ0) is 25.7. The van der Waals surface area contributed by atoms with Gasteiger partial charge in [-0.1, -0.05) is 6.92 Å². The molecule has 0 unspecified atom stereocenters. The van der Waals surface area contributed by atoms with Gasteiger partial charge < -0.3 is 5.32 Å². The Morgan fingerprint density at radius 2 is 1.92 bits per heavy atom. The predicted molar refractivity (Wildman–Crippen MR) is 147 cm³/mol. The molecular weight excluding hydrogens is 504 g/mol. The van der Waals surface area contributed by atoms with Gasteiger partial charge in [0.15, 0.2) is 17.3 Å². The Labute approximate surface area is 223 Å². The summed E-state index contributed by atoms with van der Waals surface area (Å²) in [5.74, 6) is 2.77. The largest absolute Gasteiger partial charge is 0.359 e. The van der Waals surface area contributed by atoms with Gasteiger partial charge in [0.2, 0.25) is 0 Å². The van der Waals surface area contributed by atoms with E-state index in [1.54, 1.807) is 35.6 Å². The van der Waals surface area contributed by atoms with Crippen molar-refractivity contribution in [3.05, 3.63) is 45.0 Å². The van der Waals surface area contributed by atoms with Crippen molar-refractivity contribution in [2.75, 3.05) is 11.1 Å². The van der Waals surface area contributed by atoms with Crippen LogP contribution in [0.5, 0.6) is 0 Å². The van der Waals surface area contributed by atoms with E-state index in [4.69, 9.17) is 4.98 Å². The molecular formula is C26H30N8OS2. The van der Waals surface area contributed by atoms with Crippen molar-refractivity contribution < 1.29 is 0 Å². The van der Waals surface area contributed by atoms with E-state index in [1.165, 1.54) is 4.21 Å². The molecule has 2 aliphatic carbocycles. The first-order valence-corrected chi connectivity index (χ1v) is 14.7. The summed E-state index contributed by atoms with van der Waals surface area (Å²) in [5, 5.41) is 4.21. The van der Waals surface area contributed by atoms with Crippen molar-refractivity contribution in [1.29, 1.82) is 0 Å². The summed E-state index contributed by atoms with van der Waals surface area (Å²) in [6.45, 7) is 8.68. The number of rotatable bonds is 9. The lowest BCUT2D eigenvalue weighted by molar-refractivity contribution is 0.482. The maximum absolute atomic E-state index is 13.8. The second-order valence-corrected chi connectivity index (χ2v) is 12.5. The van der Waals surface area contributed by atoms with Crippen LogP contribution in [0.15, 0.2) is 21.5 Å². The number of thioether (sulfide) groups is 1. The van der Waals surface area contributed by atoms with Crippen molar-refractivity contribution in [2.45, 2.75) is 76.1 Å². The monoisotopic (exact) mass is 534 g/mol. The molecule has 0 aromatic carbocycles. The van der Waals surface area contributed by atoms with Crippen LogP contribution >= 0.6 is 23.1 Å². The number of hydrogen-bond acceptors (Lipinski definition) is 10. The van der Waals surface area contributed by atoms with Crippen molar-refractivity contribution in [2.24, 2.45) is 5.92 Å². The average Bonchev–Trinajstić information content (AvgIpc) is 3.80. The van der Waals surface area contributed by atoms with Gasteiger partial charge in [0.25, 0.3) is 5.56 Å². The van der Waals surface area contributed by atoms with E-state index in [0.29, 0.717) is 41.2 Å². The molecule has 4 heterocycles. The van der Waals surface area contributed by atoms with Gasteiger partial charge in [-0.2, -0.15) is 0 Å². The van der Waals surface area contributed by atoms with Gasteiger partial charge >= 0.3 is 0 Å². The number of anilines is 1. The molecule has 0 radical (unpaired) electrons. The third-order valence-electron chi connectivity index (χ3n) is 7.08. The van der Waals surface area contributed by atoms with E-state index in [-0.39, 0.29) is 11.6 Å². The number of hydrogen-bond donors (Lipinski definition) is 1. The molecule has 0 aliphatic heterocycles. The molecule has 37 heavy (non-hydrogen) atoms. The summed E-state index contributed by atoms with van der Waals surface area (Å²) in [5.41, 5.74) is 4.78. The predicted octanol–water partition coefficient (Wildman–Crippen LogP) is 5.29. The SMILES string of the molecule is CCSc1sc(CNc2nc3cnc(-c4c(C)ncnc4C4CC4)nc3n([C@@H](C)C3CC3)c2=O)nc1C. The molecule has 2 fully saturated rings. The molecule has 6 rings (SSSR count). The first-order chi connectivity index (χ1) is 17.9. The zero-order valence-electron chi connectivity index (χ0n) is 21.5. The molecule has 0 saturated heterocycles. The van der Waals surface area contributed by atoms with Gasteiger partial charge in [0, 0.05) is 12.0 Å². The van der Waals surface area contributed by atoms with Gasteiger partial charge in [-0.05, 0) is 58.1 Å². The number of fused-ring (bicyclic) bond motifs is 1. The Morgan fingerprint density at radius 3 is 2.65 bits per heavy atom. The van der Waals surface area contributed by atoms with Crippen molar-refractivity contribution in [1.82, 2.24) is 34.5 Å². The van der Waals surface area contributed by atoms with Crippen LogP contribution in [0, 0.1) is 19.8 Å². The number of thiazole rings is 1. The molecule has 1 atom stereocenters. The van der Waals surface area contributed by atoms with Gasteiger partial charge in [-0.15, -0.1) is 23.1 Å². The third-order valence-corrected chi connectivity index (χ3v) is 9.48. The highest BCUT2D eigenvalue weighted by atomic mass is 32.2. The van der Waals surface area contributed by atoms with Crippen molar-refractivity contribution >= 4 is 40.1 Å². The highest BCUT2D eigenvalue weighted by Gasteiger charge is 2.33. The smallest absolute Gasteiger partial charge is 0.295 e. The number of aryl methyl sites for hydroxylation is 2. The standard InChI is InChI=1S/C26H30N8OS2/c1-5-36-26-14(3)31-19(37-26)11-28-23-25(35)34(15(4)16-6-7-16)24-18(32-23)10-27-22(33-24)20-13(2)29-12-30-21(20)17-8-9-17/h10,12,15-17H,5-9,11H2,1-4H3,(H,28,32)/t15-/m0/s1. The van der Waals surface area contributed by atoms with Gasteiger partial charge in [0.05, 0.1) is 39.6 Å². The summed E-state index contributed by atoms with van der Waals surface area (Å²) in [7, 11) is 0. The van der Waals surface area contributed by atoms with E-state index in [0.717, 1.165) is 59.1 Å². The lowest BCUT2D eigenvalue weighted by Gasteiger charge is -2.19. The fourth-order valence-corrected chi connectivity index (χ4v) is 6.90. The molecule has 192 valence electrons. The number of nitrogens with zero attached hydrogens (tertiary/aromatic N) is 7. The molecule has 4 aromatic rings. The van der Waals surface area contributed by atoms with E-state index >= 15 is 0 Å². The number of nitrogens with one attached hydrogen (secondary N) is 1. The van der Waals surface area contributed by atoms with Crippen LogP contribution < -0.4 is 10.9 Å². The van der Waals surface area contributed by atoms with E-state index in [9.17, 15) is 4.79 Å². The quantitative estimate of drug-likeness (QED) is 0.286. The fourth-order valence-electron chi connectivity index (χ4n) is 4.78. The van der Waals surface area contributed by atoms with Crippen molar-refractivity contribution in [3.63, 3.8) is 0 Å². The highest BCUT2D eigenvalue weighted by Crippen LogP contribution is 2.43.